The van der Waals surface area contributed by atoms with Crippen molar-refractivity contribution in [2.45, 2.75) is 0 Å². The van der Waals surface area contributed by atoms with Gasteiger partial charge in [0.1, 0.15) is 0 Å². The average Bonchev–Trinajstić information content (AvgIpc) is 2.19. The van der Waals surface area contributed by atoms with E-state index in [9.17, 15) is 0 Å². The van der Waals surface area contributed by atoms with E-state index in [4.69, 9.17) is 45.0 Å². The number of rotatable bonds is 3. The van der Waals surface area contributed by atoms with Gasteiger partial charge in [-0.2, -0.15) is 0 Å². The van der Waals surface area contributed by atoms with Crippen LogP contribution in [0.5, 0.6) is 0 Å². The Hall–Kier alpha value is -1.13. The van der Waals surface area contributed by atoms with E-state index in [1.165, 1.54) is 0 Å². The maximum atomic E-state index is 9.01. The third kappa shape index (κ3) is 76.4. The Labute approximate surface area is 102 Å². The van der Waals surface area contributed by atoms with Crippen molar-refractivity contribution in [3.05, 3.63) is 0 Å². The molecule has 0 saturated heterocycles. The number of aliphatic carboxylic acids is 3. The first-order valence-electron chi connectivity index (χ1n) is 3.23. The average molecular weight is 276 g/mol. The summed E-state index contributed by atoms with van der Waals surface area (Å²) in [6, 6.07) is 0. The van der Waals surface area contributed by atoms with E-state index in [1.807, 2.05) is 0 Å². The molecule has 0 atom stereocenters. The maximum Gasteiger partial charge on any atom is 0.0826 e. The van der Waals surface area contributed by atoms with Gasteiger partial charge in [0.2, 0.25) is 0 Å². The molecular formula is C6H9O9V-3. The van der Waals surface area contributed by atoms with Gasteiger partial charge in [-0.25, -0.2) is 0 Å². The van der Waals surface area contributed by atoms with E-state index in [1.54, 1.807) is 0 Å². The quantitative estimate of drug-likeness (QED) is 0.451. The zero-order chi connectivity index (χ0) is 12.9. The normalized spacial score (nSPS) is 6.94. The number of carbonyl (C=O) groups excluding carboxylic acids is 3. The van der Waals surface area contributed by atoms with Crippen molar-refractivity contribution in [3.8, 4) is 0 Å². The molecule has 16 heavy (non-hydrogen) atoms. The smallest absolute Gasteiger partial charge is 0.0826 e. The molecule has 1 radical (unpaired) electrons. The van der Waals surface area contributed by atoms with Gasteiger partial charge in [-0.15, -0.1) is 0 Å². The van der Waals surface area contributed by atoms with Crippen molar-refractivity contribution in [1.82, 2.24) is 0 Å². The van der Waals surface area contributed by atoms with E-state index in [-0.39, 0.29) is 18.6 Å². The molecule has 10 heteroatoms. The van der Waals surface area contributed by atoms with Crippen LogP contribution in [0.1, 0.15) is 0 Å². The van der Waals surface area contributed by atoms with E-state index in [0.29, 0.717) is 0 Å². The van der Waals surface area contributed by atoms with Crippen molar-refractivity contribution >= 4 is 17.9 Å². The number of hydrogen-bond acceptors (Lipinski definition) is 9. The predicted octanol–water partition coefficient (Wildman–Crippen LogP) is -6.82. The molecule has 0 aliphatic carbocycles. The van der Waals surface area contributed by atoms with Crippen LogP contribution in [-0.4, -0.2) is 53.0 Å². The minimum absolute atomic E-state index is 0. The first-order chi connectivity index (χ1) is 6.81. The third-order valence-electron chi connectivity index (χ3n) is 0.387. The maximum absolute atomic E-state index is 9.01. The molecule has 9 nitrogen and oxygen atoms in total. The van der Waals surface area contributed by atoms with Gasteiger partial charge in [0.05, 0.1) is 37.7 Å². The molecule has 0 amide bonds. The SMILES string of the molecule is O=C([O-])CO.O=C([O-])CO.O=C([O-])CO.[V]. The number of carboxylic acids is 3. The van der Waals surface area contributed by atoms with Gasteiger partial charge in [-0.3, -0.25) is 0 Å². The Balaban J connectivity index is -0.0000000655. The summed E-state index contributed by atoms with van der Waals surface area (Å²) in [4.78, 5) is 27.0. The van der Waals surface area contributed by atoms with E-state index in [2.05, 4.69) is 0 Å². The topological polar surface area (TPSA) is 181 Å². The second kappa shape index (κ2) is 19.4. The monoisotopic (exact) mass is 276 g/mol. The summed E-state index contributed by atoms with van der Waals surface area (Å²) in [7, 11) is 0. The summed E-state index contributed by atoms with van der Waals surface area (Å²) in [6.07, 6.45) is 0. The predicted molar refractivity (Wildman–Crippen MR) is 36.3 cm³/mol. The standard InChI is InChI=1S/3C2H4O3.V/c3*3-1-2(4)5;/h3*3H,1H2,(H,4,5);/p-3. The van der Waals surface area contributed by atoms with Crippen molar-refractivity contribution in [1.29, 1.82) is 0 Å². The third-order valence-corrected chi connectivity index (χ3v) is 0.387. The molecule has 0 rings (SSSR count). The Morgan fingerprint density at radius 3 is 0.750 bits per heavy atom. The molecule has 0 unspecified atom stereocenters. The number of carbonyl (C=O) groups is 3. The van der Waals surface area contributed by atoms with Gasteiger partial charge < -0.3 is 45.0 Å². The molecule has 0 heterocycles. The minimum Gasteiger partial charge on any atom is -0.548 e. The second-order valence-corrected chi connectivity index (χ2v) is 1.59. The van der Waals surface area contributed by atoms with E-state index >= 15 is 0 Å². The minimum atomic E-state index is -1.44. The summed E-state index contributed by atoms with van der Waals surface area (Å²) >= 11 is 0. The van der Waals surface area contributed by atoms with Crippen LogP contribution >= 0.6 is 0 Å². The van der Waals surface area contributed by atoms with Crippen LogP contribution < -0.4 is 15.3 Å². The Kier molecular flexibility index (Phi) is 29.4. The van der Waals surface area contributed by atoms with Gasteiger partial charge in [0, 0.05) is 18.6 Å². The number of aliphatic hydroxyl groups is 3. The summed E-state index contributed by atoms with van der Waals surface area (Å²) in [5.74, 6) is -4.32. The van der Waals surface area contributed by atoms with Crippen LogP contribution in [0.3, 0.4) is 0 Å². The molecule has 0 spiro atoms. The van der Waals surface area contributed by atoms with Crippen molar-refractivity contribution in [3.63, 3.8) is 0 Å². The summed E-state index contributed by atoms with van der Waals surface area (Å²) in [5, 5.41) is 49.5. The Bertz CT molecular complexity index is 159. The van der Waals surface area contributed by atoms with E-state index < -0.39 is 37.7 Å². The molecule has 0 aliphatic heterocycles. The first kappa shape index (κ1) is 24.2. The molecular weight excluding hydrogens is 267 g/mol. The van der Waals surface area contributed by atoms with Crippen LogP contribution in [0.25, 0.3) is 0 Å². The molecule has 3 N–H and O–H groups in total. The Morgan fingerprint density at radius 1 is 0.688 bits per heavy atom. The molecule has 0 aromatic heterocycles. The van der Waals surface area contributed by atoms with Gasteiger partial charge >= 0.3 is 0 Å². The number of hydrogen-bond donors (Lipinski definition) is 3. The molecule has 95 valence electrons. The zero-order valence-corrected chi connectivity index (χ0v) is 9.26. The summed E-state index contributed by atoms with van der Waals surface area (Å²) in [6.45, 7) is -2.67. The molecule has 0 aliphatic rings. The molecule has 0 bridgehead atoms. The molecule has 0 saturated carbocycles. The van der Waals surface area contributed by atoms with Crippen molar-refractivity contribution < 1.29 is 63.6 Å². The van der Waals surface area contributed by atoms with Crippen LogP contribution in [0, 0.1) is 0 Å². The van der Waals surface area contributed by atoms with Crippen LogP contribution in [0.2, 0.25) is 0 Å². The fourth-order valence-corrected chi connectivity index (χ4v) is 0. The Morgan fingerprint density at radius 2 is 0.750 bits per heavy atom. The van der Waals surface area contributed by atoms with Crippen molar-refractivity contribution in [2.24, 2.45) is 0 Å². The van der Waals surface area contributed by atoms with Crippen LogP contribution in [-0.2, 0) is 32.9 Å². The fourth-order valence-electron chi connectivity index (χ4n) is 0. The summed E-state index contributed by atoms with van der Waals surface area (Å²) in [5.41, 5.74) is 0. The van der Waals surface area contributed by atoms with Gasteiger partial charge in [-0.1, -0.05) is 0 Å². The molecule has 0 aromatic rings. The number of aliphatic hydroxyl groups excluding tert-OH is 3. The second-order valence-electron chi connectivity index (χ2n) is 1.59. The number of carboxylic acid groups (broad SMARTS) is 3. The zero-order valence-electron chi connectivity index (χ0n) is 7.86. The van der Waals surface area contributed by atoms with Crippen LogP contribution in [0.4, 0.5) is 0 Å². The van der Waals surface area contributed by atoms with E-state index in [0.717, 1.165) is 0 Å². The van der Waals surface area contributed by atoms with Gasteiger partial charge in [0.15, 0.2) is 0 Å². The van der Waals surface area contributed by atoms with Gasteiger partial charge in [0.25, 0.3) is 0 Å². The molecule has 0 aromatic carbocycles. The first-order valence-corrected chi connectivity index (χ1v) is 3.23. The summed E-state index contributed by atoms with van der Waals surface area (Å²) < 4.78 is 0. The van der Waals surface area contributed by atoms with Crippen molar-refractivity contribution in [2.75, 3.05) is 19.8 Å². The van der Waals surface area contributed by atoms with Crippen LogP contribution in [0.15, 0.2) is 0 Å². The largest absolute Gasteiger partial charge is 0.548 e. The van der Waals surface area contributed by atoms with Gasteiger partial charge in [-0.05, 0) is 0 Å². The fraction of sp³-hybridized carbons (Fsp3) is 0.500. The molecule has 0 fully saturated rings.